The Bertz CT molecular complexity index is 842. The van der Waals surface area contributed by atoms with Crippen molar-refractivity contribution < 1.29 is 4.79 Å². The summed E-state index contributed by atoms with van der Waals surface area (Å²) in [6.45, 7) is 5.23. The number of hydrogen-bond acceptors (Lipinski definition) is 6. The van der Waals surface area contributed by atoms with Gasteiger partial charge in [-0.2, -0.15) is 4.98 Å². The van der Waals surface area contributed by atoms with E-state index in [1.165, 1.54) is 0 Å². The number of piperidine rings is 2. The van der Waals surface area contributed by atoms with Crippen molar-refractivity contribution in [2.24, 2.45) is 5.41 Å². The molecule has 148 valence electrons. The molecule has 1 amide bonds. The SMILES string of the molecule is CNc1cc(C)nc(N2CCC[C@@]3(CCC(=O)N(Cc4ccccn4)C3)C2)n1. The van der Waals surface area contributed by atoms with Crippen LogP contribution < -0.4 is 10.2 Å². The first-order valence-corrected chi connectivity index (χ1v) is 10.0. The summed E-state index contributed by atoms with van der Waals surface area (Å²) < 4.78 is 0. The van der Waals surface area contributed by atoms with Gasteiger partial charge in [0.1, 0.15) is 5.82 Å². The van der Waals surface area contributed by atoms with Gasteiger partial charge in [-0.05, 0) is 38.3 Å². The second-order valence-corrected chi connectivity index (χ2v) is 8.04. The number of rotatable bonds is 4. The molecule has 0 aromatic carbocycles. The van der Waals surface area contributed by atoms with E-state index in [9.17, 15) is 4.79 Å². The summed E-state index contributed by atoms with van der Waals surface area (Å²) in [6, 6.07) is 7.82. The van der Waals surface area contributed by atoms with E-state index >= 15 is 0 Å². The van der Waals surface area contributed by atoms with Gasteiger partial charge in [0.05, 0.1) is 12.2 Å². The van der Waals surface area contributed by atoms with Crippen molar-refractivity contribution in [3.63, 3.8) is 0 Å². The summed E-state index contributed by atoms with van der Waals surface area (Å²) >= 11 is 0. The Hall–Kier alpha value is -2.70. The number of carbonyl (C=O) groups excluding carboxylic acids is 1. The first kappa shape index (κ1) is 18.7. The van der Waals surface area contributed by atoms with Crippen LogP contribution in [0, 0.1) is 12.3 Å². The van der Waals surface area contributed by atoms with E-state index in [-0.39, 0.29) is 11.3 Å². The van der Waals surface area contributed by atoms with E-state index in [0.29, 0.717) is 13.0 Å². The highest BCUT2D eigenvalue weighted by Gasteiger charge is 2.42. The van der Waals surface area contributed by atoms with E-state index in [2.05, 4.69) is 25.2 Å². The van der Waals surface area contributed by atoms with Crippen molar-refractivity contribution >= 4 is 17.7 Å². The third kappa shape index (κ3) is 3.93. The monoisotopic (exact) mass is 380 g/mol. The maximum Gasteiger partial charge on any atom is 0.227 e. The fourth-order valence-corrected chi connectivity index (χ4v) is 4.47. The molecule has 0 unspecified atom stereocenters. The maximum absolute atomic E-state index is 12.6. The van der Waals surface area contributed by atoms with Crippen molar-refractivity contribution in [2.75, 3.05) is 36.9 Å². The molecule has 1 atom stereocenters. The number of pyridine rings is 1. The molecule has 0 radical (unpaired) electrons. The molecule has 0 bridgehead atoms. The molecule has 1 spiro atoms. The molecule has 4 rings (SSSR count). The zero-order valence-corrected chi connectivity index (χ0v) is 16.7. The molecule has 0 saturated carbocycles. The van der Waals surface area contributed by atoms with E-state index in [0.717, 1.165) is 62.1 Å². The molecule has 2 aliphatic heterocycles. The normalized spacial score (nSPS) is 22.6. The van der Waals surface area contributed by atoms with Crippen LogP contribution in [0.2, 0.25) is 0 Å². The quantitative estimate of drug-likeness (QED) is 0.879. The number of nitrogens with zero attached hydrogens (tertiary/aromatic N) is 5. The van der Waals surface area contributed by atoms with E-state index in [1.54, 1.807) is 6.20 Å². The molecule has 7 heteroatoms. The summed E-state index contributed by atoms with van der Waals surface area (Å²) in [5.41, 5.74) is 2.01. The summed E-state index contributed by atoms with van der Waals surface area (Å²) in [7, 11) is 1.88. The molecule has 1 N–H and O–H groups in total. The van der Waals surface area contributed by atoms with Crippen LogP contribution in [0.15, 0.2) is 30.5 Å². The zero-order chi connectivity index (χ0) is 19.6. The Balaban J connectivity index is 1.52. The summed E-state index contributed by atoms with van der Waals surface area (Å²) in [6.07, 6.45) is 5.57. The van der Waals surface area contributed by atoms with Crippen molar-refractivity contribution in [1.82, 2.24) is 19.9 Å². The lowest BCUT2D eigenvalue weighted by atomic mass is 9.73. The van der Waals surface area contributed by atoms with Crippen LogP contribution in [-0.2, 0) is 11.3 Å². The molecule has 7 nitrogen and oxygen atoms in total. The third-order valence-corrected chi connectivity index (χ3v) is 5.87. The van der Waals surface area contributed by atoms with Gasteiger partial charge < -0.3 is 15.1 Å². The molecular weight excluding hydrogens is 352 g/mol. The lowest BCUT2D eigenvalue weighted by Gasteiger charge is -2.48. The van der Waals surface area contributed by atoms with Crippen molar-refractivity contribution in [2.45, 2.75) is 39.2 Å². The number of carbonyl (C=O) groups is 1. The maximum atomic E-state index is 12.6. The Morgan fingerprint density at radius 3 is 2.89 bits per heavy atom. The first-order chi connectivity index (χ1) is 13.6. The number of hydrogen-bond donors (Lipinski definition) is 1. The topological polar surface area (TPSA) is 74.2 Å². The number of nitrogens with one attached hydrogen (secondary N) is 1. The average molecular weight is 380 g/mol. The van der Waals surface area contributed by atoms with Gasteiger partial charge in [-0.3, -0.25) is 9.78 Å². The van der Waals surface area contributed by atoms with Crippen LogP contribution in [0.4, 0.5) is 11.8 Å². The van der Waals surface area contributed by atoms with Crippen molar-refractivity contribution in [3.05, 3.63) is 41.9 Å². The Morgan fingerprint density at radius 2 is 2.11 bits per heavy atom. The van der Waals surface area contributed by atoms with E-state index < -0.39 is 0 Å². The van der Waals surface area contributed by atoms with Crippen LogP contribution in [0.3, 0.4) is 0 Å². The lowest BCUT2D eigenvalue weighted by Crippen LogP contribution is -2.54. The van der Waals surface area contributed by atoms with Crippen LogP contribution in [0.25, 0.3) is 0 Å². The summed E-state index contributed by atoms with van der Waals surface area (Å²) in [5.74, 6) is 1.87. The Labute approximate surface area is 166 Å². The van der Waals surface area contributed by atoms with Crippen molar-refractivity contribution in [1.29, 1.82) is 0 Å². The zero-order valence-electron chi connectivity index (χ0n) is 16.7. The van der Waals surface area contributed by atoms with Crippen LogP contribution in [0.1, 0.15) is 37.1 Å². The average Bonchev–Trinajstić information content (AvgIpc) is 2.71. The number of likely N-dealkylation sites (tertiary alicyclic amines) is 1. The number of amides is 1. The molecule has 2 aromatic heterocycles. The molecular formula is C21H28N6O. The van der Waals surface area contributed by atoms with Crippen LogP contribution in [0.5, 0.6) is 0 Å². The molecule has 0 aliphatic carbocycles. The van der Waals surface area contributed by atoms with Gasteiger partial charge in [0, 0.05) is 56.5 Å². The molecule has 2 aliphatic rings. The highest BCUT2D eigenvalue weighted by molar-refractivity contribution is 5.77. The first-order valence-electron chi connectivity index (χ1n) is 10.0. The van der Waals surface area contributed by atoms with Gasteiger partial charge >= 0.3 is 0 Å². The largest absolute Gasteiger partial charge is 0.373 e. The standard InChI is InChI=1S/C21H28N6O/c1-16-12-18(22-2)25-20(24-16)26-11-5-8-21(14-26)9-7-19(28)27(15-21)13-17-6-3-4-10-23-17/h3-4,6,10,12H,5,7-9,11,13-15H2,1-2H3,(H,22,24,25)/t21-/m1/s1. The fourth-order valence-electron chi connectivity index (χ4n) is 4.47. The van der Waals surface area contributed by atoms with Gasteiger partial charge in [-0.15, -0.1) is 0 Å². The van der Waals surface area contributed by atoms with Gasteiger partial charge in [0.25, 0.3) is 0 Å². The van der Waals surface area contributed by atoms with E-state index in [4.69, 9.17) is 0 Å². The van der Waals surface area contributed by atoms with E-state index in [1.807, 2.05) is 43.1 Å². The lowest BCUT2D eigenvalue weighted by molar-refractivity contribution is -0.138. The second kappa shape index (κ2) is 7.73. The minimum Gasteiger partial charge on any atom is -0.373 e. The van der Waals surface area contributed by atoms with Crippen LogP contribution in [-0.4, -0.2) is 52.4 Å². The predicted molar refractivity (Wildman–Crippen MR) is 109 cm³/mol. The number of anilines is 2. The molecule has 28 heavy (non-hydrogen) atoms. The highest BCUT2D eigenvalue weighted by Crippen LogP contribution is 2.40. The number of aryl methyl sites for hydroxylation is 1. The number of aromatic nitrogens is 3. The Kier molecular flexibility index (Phi) is 5.15. The Morgan fingerprint density at radius 1 is 1.21 bits per heavy atom. The third-order valence-electron chi connectivity index (χ3n) is 5.87. The summed E-state index contributed by atoms with van der Waals surface area (Å²) in [4.78, 5) is 30.6. The smallest absolute Gasteiger partial charge is 0.227 e. The van der Waals surface area contributed by atoms with Gasteiger partial charge in [0.15, 0.2) is 0 Å². The van der Waals surface area contributed by atoms with Gasteiger partial charge in [0.2, 0.25) is 11.9 Å². The molecule has 2 aromatic rings. The second-order valence-electron chi connectivity index (χ2n) is 8.04. The molecule has 2 saturated heterocycles. The minimum atomic E-state index is 0.105. The fraction of sp³-hybridized carbons (Fsp3) is 0.524. The van der Waals surface area contributed by atoms with Crippen molar-refractivity contribution in [3.8, 4) is 0 Å². The minimum absolute atomic E-state index is 0.105. The highest BCUT2D eigenvalue weighted by atomic mass is 16.2. The molecule has 4 heterocycles. The predicted octanol–water partition coefficient (Wildman–Crippen LogP) is 2.63. The van der Waals surface area contributed by atoms with Crippen LogP contribution >= 0.6 is 0 Å². The summed E-state index contributed by atoms with van der Waals surface area (Å²) in [5, 5.41) is 3.12. The molecule has 2 fully saturated rings. The van der Waals surface area contributed by atoms with Gasteiger partial charge in [-0.1, -0.05) is 6.07 Å². The van der Waals surface area contributed by atoms with Gasteiger partial charge in [-0.25, -0.2) is 4.98 Å².